The fourth-order valence-electron chi connectivity index (χ4n) is 2.43. The lowest BCUT2D eigenvalue weighted by Crippen LogP contribution is -2.30. The van der Waals surface area contributed by atoms with Gasteiger partial charge in [-0.1, -0.05) is 52.7 Å². The van der Waals surface area contributed by atoms with Gasteiger partial charge in [-0.2, -0.15) is 4.98 Å². The molecule has 0 aliphatic heterocycles. The molecule has 0 radical (unpaired) electrons. The molecule has 0 aliphatic rings. The smallest absolute Gasteiger partial charge is 0.254 e. The van der Waals surface area contributed by atoms with Crippen molar-refractivity contribution in [3.63, 3.8) is 0 Å². The van der Waals surface area contributed by atoms with Crippen LogP contribution in [0.3, 0.4) is 0 Å². The maximum atomic E-state index is 12.6. The van der Waals surface area contributed by atoms with Crippen molar-refractivity contribution in [1.29, 1.82) is 0 Å². The molecule has 25 heavy (non-hydrogen) atoms. The predicted octanol–water partition coefficient (Wildman–Crippen LogP) is 4.36. The summed E-state index contributed by atoms with van der Waals surface area (Å²) in [4.78, 5) is 18.7. The van der Waals surface area contributed by atoms with Crippen LogP contribution in [0.1, 0.15) is 28.7 Å². The third kappa shape index (κ3) is 4.06. The molecule has 0 spiro atoms. The molecule has 3 aromatic rings. The fraction of sp³-hybridized carbons (Fsp3) is 0.211. The van der Waals surface area contributed by atoms with E-state index >= 15 is 0 Å². The van der Waals surface area contributed by atoms with Crippen LogP contribution in [0.4, 0.5) is 0 Å². The molecular formula is C19H18ClN3O2. The lowest BCUT2D eigenvalue weighted by Gasteiger charge is -2.18. The van der Waals surface area contributed by atoms with E-state index in [0.717, 1.165) is 11.1 Å². The van der Waals surface area contributed by atoms with E-state index in [-0.39, 0.29) is 12.5 Å². The first-order chi connectivity index (χ1) is 12.1. The minimum Gasteiger partial charge on any atom is -0.337 e. The van der Waals surface area contributed by atoms with E-state index in [4.69, 9.17) is 16.1 Å². The Morgan fingerprint density at radius 3 is 2.64 bits per heavy atom. The Labute approximate surface area is 151 Å². The van der Waals surface area contributed by atoms with Crippen LogP contribution in [0.15, 0.2) is 53.1 Å². The number of carbonyl (C=O) groups is 1. The van der Waals surface area contributed by atoms with Gasteiger partial charge in [-0.3, -0.25) is 4.79 Å². The molecule has 128 valence electrons. The van der Waals surface area contributed by atoms with E-state index in [2.05, 4.69) is 10.1 Å². The van der Waals surface area contributed by atoms with Gasteiger partial charge in [-0.05, 0) is 32.0 Å². The predicted molar refractivity (Wildman–Crippen MR) is 96.3 cm³/mol. The summed E-state index contributed by atoms with van der Waals surface area (Å²) in [6.45, 7) is 4.69. The molecule has 6 heteroatoms. The number of carbonyl (C=O) groups excluding carboxylic acids is 1. The molecule has 0 N–H and O–H groups in total. The number of aryl methyl sites for hydroxylation is 1. The Morgan fingerprint density at radius 2 is 1.96 bits per heavy atom. The van der Waals surface area contributed by atoms with Crippen molar-refractivity contribution in [3.05, 3.63) is 70.6 Å². The molecule has 1 heterocycles. The average molecular weight is 356 g/mol. The van der Waals surface area contributed by atoms with Gasteiger partial charge in [0.25, 0.3) is 5.91 Å². The summed E-state index contributed by atoms with van der Waals surface area (Å²) in [5.74, 6) is 0.786. The van der Waals surface area contributed by atoms with Crippen LogP contribution in [0.2, 0.25) is 5.02 Å². The van der Waals surface area contributed by atoms with Gasteiger partial charge in [0, 0.05) is 22.7 Å². The van der Waals surface area contributed by atoms with Crippen LogP contribution in [-0.2, 0) is 6.54 Å². The highest BCUT2D eigenvalue weighted by atomic mass is 35.5. The number of aromatic nitrogens is 2. The summed E-state index contributed by atoms with van der Waals surface area (Å²) in [7, 11) is 0. The number of hydrogen-bond donors (Lipinski definition) is 0. The van der Waals surface area contributed by atoms with Crippen LogP contribution >= 0.6 is 11.6 Å². The average Bonchev–Trinajstić information content (AvgIpc) is 3.08. The van der Waals surface area contributed by atoms with Gasteiger partial charge in [0.2, 0.25) is 11.7 Å². The van der Waals surface area contributed by atoms with Gasteiger partial charge in [-0.25, -0.2) is 0 Å². The van der Waals surface area contributed by atoms with Gasteiger partial charge in [0.1, 0.15) is 6.54 Å². The third-order valence-electron chi connectivity index (χ3n) is 3.84. The second kappa shape index (κ2) is 7.49. The zero-order valence-electron chi connectivity index (χ0n) is 14.1. The molecule has 0 atom stereocenters. The molecule has 2 aromatic carbocycles. The van der Waals surface area contributed by atoms with E-state index in [1.54, 1.807) is 29.2 Å². The number of nitrogens with zero attached hydrogens (tertiary/aromatic N) is 3. The monoisotopic (exact) mass is 355 g/mol. The highest BCUT2D eigenvalue weighted by Crippen LogP contribution is 2.18. The lowest BCUT2D eigenvalue weighted by molar-refractivity contribution is 0.0734. The molecule has 0 fully saturated rings. The Bertz CT molecular complexity index is 874. The van der Waals surface area contributed by atoms with E-state index in [0.29, 0.717) is 28.8 Å². The van der Waals surface area contributed by atoms with E-state index in [1.807, 2.05) is 38.1 Å². The van der Waals surface area contributed by atoms with E-state index in [1.165, 1.54) is 0 Å². The highest BCUT2D eigenvalue weighted by molar-refractivity contribution is 6.30. The summed E-state index contributed by atoms with van der Waals surface area (Å²) in [6.07, 6.45) is 0. The van der Waals surface area contributed by atoms with Crippen molar-refractivity contribution < 1.29 is 9.32 Å². The zero-order valence-corrected chi connectivity index (χ0v) is 14.8. The second-order valence-electron chi connectivity index (χ2n) is 5.71. The van der Waals surface area contributed by atoms with Gasteiger partial charge >= 0.3 is 0 Å². The van der Waals surface area contributed by atoms with E-state index in [9.17, 15) is 4.79 Å². The van der Waals surface area contributed by atoms with Crippen LogP contribution in [0.25, 0.3) is 11.4 Å². The standard InChI is InChI=1S/C19H18ClN3O2/c1-3-23(19(24)15-5-4-6-16(20)11-15)12-17-21-18(22-25-17)14-9-7-13(2)8-10-14/h4-11H,3,12H2,1-2H3. The molecule has 0 unspecified atom stereocenters. The first-order valence-corrected chi connectivity index (χ1v) is 8.39. The van der Waals surface area contributed by atoms with Crippen molar-refractivity contribution in [2.24, 2.45) is 0 Å². The summed E-state index contributed by atoms with van der Waals surface area (Å²) < 4.78 is 5.31. The maximum absolute atomic E-state index is 12.6. The van der Waals surface area contributed by atoms with Crippen molar-refractivity contribution in [3.8, 4) is 11.4 Å². The summed E-state index contributed by atoms with van der Waals surface area (Å²) in [6, 6.07) is 14.8. The lowest BCUT2D eigenvalue weighted by atomic mass is 10.1. The molecule has 0 saturated heterocycles. The Morgan fingerprint density at radius 1 is 1.20 bits per heavy atom. The van der Waals surface area contributed by atoms with Crippen LogP contribution in [-0.4, -0.2) is 27.5 Å². The quantitative estimate of drug-likeness (QED) is 0.682. The molecule has 5 nitrogen and oxygen atoms in total. The van der Waals surface area contributed by atoms with Crippen LogP contribution in [0.5, 0.6) is 0 Å². The number of amides is 1. The topological polar surface area (TPSA) is 59.2 Å². The van der Waals surface area contributed by atoms with Crippen molar-refractivity contribution in [2.75, 3.05) is 6.54 Å². The summed E-state index contributed by atoms with van der Waals surface area (Å²) in [5, 5.41) is 4.53. The molecule has 1 amide bonds. The van der Waals surface area contributed by atoms with Gasteiger partial charge in [0.15, 0.2) is 0 Å². The molecule has 0 bridgehead atoms. The number of benzene rings is 2. The second-order valence-corrected chi connectivity index (χ2v) is 6.14. The van der Waals surface area contributed by atoms with Crippen molar-refractivity contribution in [1.82, 2.24) is 15.0 Å². The molecule has 0 aliphatic carbocycles. The Balaban J connectivity index is 1.76. The molecule has 3 rings (SSSR count). The Kier molecular flexibility index (Phi) is 5.14. The SMILES string of the molecule is CCN(Cc1nc(-c2ccc(C)cc2)no1)C(=O)c1cccc(Cl)c1. The van der Waals surface area contributed by atoms with E-state index < -0.39 is 0 Å². The minimum atomic E-state index is -0.125. The first kappa shape index (κ1) is 17.2. The maximum Gasteiger partial charge on any atom is 0.254 e. The molecule has 0 saturated carbocycles. The van der Waals surface area contributed by atoms with Gasteiger partial charge in [0.05, 0.1) is 0 Å². The van der Waals surface area contributed by atoms with Gasteiger partial charge in [-0.15, -0.1) is 0 Å². The normalized spacial score (nSPS) is 10.7. The third-order valence-corrected chi connectivity index (χ3v) is 4.08. The number of rotatable bonds is 5. The number of halogens is 1. The Hall–Kier alpha value is -2.66. The largest absolute Gasteiger partial charge is 0.337 e. The minimum absolute atomic E-state index is 0.125. The number of hydrogen-bond acceptors (Lipinski definition) is 4. The van der Waals surface area contributed by atoms with Crippen molar-refractivity contribution in [2.45, 2.75) is 20.4 Å². The highest BCUT2D eigenvalue weighted by Gasteiger charge is 2.18. The van der Waals surface area contributed by atoms with Crippen molar-refractivity contribution >= 4 is 17.5 Å². The summed E-state index contributed by atoms with van der Waals surface area (Å²) in [5.41, 5.74) is 2.58. The van der Waals surface area contributed by atoms with Gasteiger partial charge < -0.3 is 9.42 Å². The fourth-order valence-corrected chi connectivity index (χ4v) is 2.62. The van der Waals surface area contributed by atoms with Crippen LogP contribution in [0, 0.1) is 6.92 Å². The zero-order chi connectivity index (χ0) is 17.8. The first-order valence-electron chi connectivity index (χ1n) is 8.01. The van der Waals surface area contributed by atoms with Crippen LogP contribution < -0.4 is 0 Å². The molecular weight excluding hydrogens is 338 g/mol. The summed E-state index contributed by atoms with van der Waals surface area (Å²) >= 11 is 5.97. The molecule has 1 aromatic heterocycles.